The van der Waals surface area contributed by atoms with Crippen molar-refractivity contribution in [3.8, 4) is 0 Å². The Morgan fingerprint density at radius 1 is 0.920 bits per heavy atom. The van der Waals surface area contributed by atoms with Crippen molar-refractivity contribution >= 4 is 23.7 Å². The summed E-state index contributed by atoms with van der Waals surface area (Å²) in [4.78, 5) is 23.9. The van der Waals surface area contributed by atoms with E-state index in [-0.39, 0.29) is 0 Å². The van der Waals surface area contributed by atoms with Crippen LogP contribution >= 0.6 is 11.8 Å². The van der Waals surface area contributed by atoms with Crippen molar-refractivity contribution in [3.63, 3.8) is 0 Å². The number of benzene rings is 2. The molecule has 2 aromatic rings. The first kappa shape index (κ1) is 20.5. The second kappa shape index (κ2) is 11.1. The molecule has 0 saturated carbocycles. The van der Waals surface area contributed by atoms with E-state index in [0.29, 0.717) is 12.2 Å². The Morgan fingerprint density at radius 2 is 1.44 bits per heavy atom. The van der Waals surface area contributed by atoms with Crippen LogP contribution in [0, 0.1) is 0 Å². The fraction of sp³-hybridized carbons (Fsp3) is 0.158. The molecule has 0 fully saturated rings. The van der Waals surface area contributed by atoms with Gasteiger partial charge in [-0.25, -0.2) is 9.59 Å². The molecule has 6 heteroatoms. The highest BCUT2D eigenvalue weighted by Gasteiger charge is 2.04. The standard InChI is InChI=1S/C15H17NS.C4H4O4/c1-16(2)12-13-8-6-7-11-15(13)17-14-9-4-3-5-10-14;5-3(6)1-2-4(7)8/h3-11H,12H2,1-2H3;1-2H,(H,5,6)(H,7,8). The molecule has 0 atom stereocenters. The lowest BCUT2D eigenvalue weighted by molar-refractivity contribution is -0.134. The van der Waals surface area contributed by atoms with Crippen LogP contribution < -0.4 is 0 Å². The van der Waals surface area contributed by atoms with Gasteiger partial charge in [0.05, 0.1) is 0 Å². The largest absolute Gasteiger partial charge is 0.478 e. The average Bonchev–Trinajstić information content (AvgIpc) is 2.56. The van der Waals surface area contributed by atoms with Crippen LogP contribution in [-0.2, 0) is 16.1 Å². The molecule has 0 heterocycles. The van der Waals surface area contributed by atoms with Crippen molar-refractivity contribution in [1.29, 1.82) is 0 Å². The Balaban J connectivity index is 0.000000333. The molecule has 0 saturated heterocycles. The highest BCUT2D eigenvalue weighted by molar-refractivity contribution is 7.99. The summed E-state index contributed by atoms with van der Waals surface area (Å²) < 4.78 is 0. The molecule has 2 rings (SSSR count). The smallest absolute Gasteiger partial charge is 0.328 e. The minimum absolute atomic E-state index is 0.558. The maximum absolute atomic E-state index is 9.55. The van der Waals surface area contributed by atoms with Crippen LogP contribution in [0.25, 0.3) is 0 Å². The summed E-state index contributed by atoms with van der Waals surface area (Å²) in [6.07, 6.45) is 1.12. The number of aliphatic carboxylic acids is 2. The zero-order chi connectivity index (χ0) is 18.7. The van der Waals surface area contributed by atoms with E-state index >= 15 is 0 Å². The van der Waals surface area contributed by atoms with Gasteiger partial charge in [-0.3, -0.25) is 0 Å². The van der Waals surface area contributed by atoms with Crippen LogP contribution in [0.5, 0.6) is 0 Å². The summed E-state index contributed by atoms with van der Waals surface area (Å²) >= 11 is 1.83. The molecule has 0 bridgehead atoms. The van der Waals surface area contributed by atoms with Crippen LogP contribution in [0.15, 0.2) is 76.5 Å². The summed E-state index contributed by atoms with van der Waals surface area (Å²) in [5, 5.41) is 15.6. The van der Waals surface area contributed by atoms with Crippen molar-refractivity contribution in [1.82, 2.24) is 4.90 Å². The zero-order valence-electron chi connectivity index (χ0n) is 14.1. The van der Waals surface area contributed by atoms with Crippen molar-refractivity contribution < 1.29 is 19.8 Å². The molecule has 0 aliphatic rings. The summed E-state index contributed by atoms with van der Waals surface area (Å²) in [5.41, 5.74) is 1.38. The molecule has 2 aromatic carbocycles. The Kier molecular flexibility index (Phi) is 9.06. The molecule has 0 aliphatic heterocycles. The topological polar surface area (TPSA) is 77.8 Å². The summed E-state index contributed by atoms with van der Waals surface area (Å²) in [5.74, 6) is -2.51. The van der Waals surface area contributed by atoms with E-state index in [1.165, 1.54) is 15.4 Å². The predicted octanol–water partition coefficient (Wildman–Crippen LogP) is 3.61. The number of hydrogen-bond acceptors (Lipinski definition) is 4. The molecule has 0 spiro atoms. The third-order valence-electron chi connectivity index (χ3n) is 2.80. The van der Waals surface area contributed by atoms with E-state index in [1.54, 1.807) is 0 Å². The Morgan fingerprint density at radius 3 is 1.96 bits per heavy atom. The number of carboxylic acid groups (broad SMARTS) is 2. The third-order valence-corrected chi connectivity index (χ3v) is 3.92. The lowest BCUT2D eigenvalue weighted by Gasteiger charge is -2.13. The number of nitrogens with zero attached hydrogens (tertiary/aromatic N) is 1. The first-order chi connectivity index (χ1) is 11.9. The van der Waals surface area contributed by atoms with Crippen molar-refractivity contribution in [2.24, 2.45) is 0 Å². The first-order valence-corrected chi connectivity index (χ1v) is 8.29. The minimum Gasteiger partial charge on any atom is -0.478 e. The second-order valence-electron chi connectivity index (χ2n) is 5.27. The summed E-state index contributed by atoms with van der Waals surface area (Å²) in [7, 11) is 4.20. The lowest BCUT2D eigenvalue weighted by atomic mass is 10.2. The number of carbonyl (C=O) groups is 2. The highest BCUT2D eigenvalue weighted by atomic mass is 32.2. The summed E-state index contributed by atoms with van der Waals surface area (Å²) in [6.45, 7) is 0.982. The normalized spacial score (nSPS) is 10.4. The van der Waals surface area contributed by atoms with Gasteiger partial charge in [0.25, 0.3) is 0 Å². The highest BCUT2D eigenvalue weighted by Crippen LogP contribution is 2.30. The van der Waals surface area contributed by atoms with Crippen LogP contribution in [0.3, 0.4) is 0 Å². The van der Waals surface area contributed by atoms with Crippen LogP contribution in [0.4, 0.5) is 0 Å². The monoisotopic (exact) mass is 359 g/mol. The number of hydrogen-bond donors (Lipinski definition) is 2. The molecule has 132 valence electrons. The van der Waals surface area contributed by atoms with Crippen LogP contribution in [0.1, 0.15) is 5.56 Å². The van der Waals surface area contributed by atoms with E-state index in [9.17, 15) is 9.59 Å². The van der Waals surface area contributed by atoms with Crippen molar-refractivity contribution in [2.75, 3.05) is 14.1 Å². The van der Waals surface area contributed by atoms with Gasteiger partial charge in [0, 0.05) is 28.5 Å². The fourth-order valence-corrected chi connectivity index (χ4v) is 2.79. The van der Waals surface area contributed by atoms with Crippen LogP contribution in [0.2, 0.25) is 0 Å². The Bertz CT molecular complexity index is 698. The SMILES string of the molecule is CN(C)Cc1ccccc1Sc1ccccc1.O=C(O)C=CC(=O)O. The van der Waals surface area contributed by atoms with E-state index in [1.807, 2.05) is 11.8 Å². The van der Waals surface area contributed by atoms with Gasteiger partial charge in [-0.2, -0.15) is 0 Å². The van der Waals surface area contributed by atoms with Crippen LogP contribution in [-0.4, -0.2) is 41.1 Å². The number of carboxylic acids is 2. The third kappa shape index (κ3) is 9.34. The second-order valence-corrected chi connectivity index (χ2v) is 6.39. The van der Waals surface area contributed by atoms with Crippen molar-refractivity contribution in [2.45, 2.75) is 16.3 Å². The molecule has 25 heavy (non-hydrogen) atoms. The van der Waals surface area contributed by atoms with Crippen molar-refractivity contribution in [3.05, 3.63) is 72.3 Å². The van der Waals surface area contributed by atoms with Gasteiger partial charge < -0.3 is 15.1 Å². The van der Waals surface area contributed by atoms with Gasteiger partial charge in [-0.15, -0.1) is 0 Å². The van der Waals surface area contributed by atoms with Gasteiger partial charge in [-0.05, 0) is 37.9 Å². The number of rotatable bonds is 6. The molecule has 5 nitrogen and oxygen atoms in total. The lowest BCUT2D eigenvalue weighted by Crippen LogP contribution is -2.11. The quantitative estimate of drug-likeness (QED) is 0.767. The first-order valence-electron chi connectivity index (χ1n) is 7.48. The van der Waals surface area contributed by atoms with Gasteiger partial charge in [-0.1, -0.05) is 48.2 Å². The molecule has 2 N–H and O–H groups in total. The minimum atomic E-state index is -1.26. The Hall–Kier alpha value is -2.57. The van der Waals surface area contributed by atoms with E-state index in [2.05, 4.69) is 73.6 Å². The molecule has 0 aromatic heterocycles. The Labute approximate surface area is 151 Å². The molecule has 0 aliphatic carbocycles. The predicted molar refractivity (Wildman–Crippen MR) is 98.8 cm³/mol. The van der Waals surface area contributed by atoms with Gasteiger partial charge in [0.2, 0.25) is 0 Å². The van der Waals surface area contributed by atoms with E-state index in [4.69, 9.17) is 10.2 Å². The van der Waals surface area contributed by atoms with Gasteiger partial charge in [0.1, 0.15) is 0 Å². The van der Waals surface area contributed by atoms with E-state index < -0.39 is 11.9 Å². The zero-order valence-corrected chi connectivity index (χ0v) is 14.9. The maximum Gasteiger partial charge on any atom is 0.328 e. The molecular weight excluding hydrogens is 338 g/mol. The molecular formula is C19H21NO4S. The summed E-state index contributed by atoms with van der Waals surface area (Å²) in [6, 6.07) is 19.1. The molecule has 0 amide bonds. The molecule has 0 radical (unpaired) electrons. The van der Waals surface area contributed by atoms with Gasteiger partial charge in [0.15, 0.2) is 0 Å². The fourth-order valence-electron chi connectivity index (χ4n) is 1.83. The average molecular weight is 359 g/mol. The molecule has 0 unspecified atom stereocenters. The maximum atomic E-state index is 9.55. The van der Waals surface area contributed by atoms with Gasteiger partial charge >= 0.3 is 11.9 Å². The van der Waals surface area contributed by atoms with E-state index in [0.717, 1.165) is 6.54 Å².